The van der Waals surface area contributed by atoms with Gasteiger partial charge in [0.05, 0.1) is 18.0 Å². The molecule has 34 heavy (non-hydrogen) atoms. The highest BCUT2D eigenvalue weighted by molar-refractivity contribution is 7.88. The van der Waals surface area contributed by atoms with Crippen LogP contribution in [0.4, 0.5) is 11.5 Å². The van der Waals surface area contributed by atoms with E-state index in [1.54, 1.807) is 10.5 Å². The molecule has 5 heterocycles. The van der Waals surface area contributed by atoms with Crippen LogP contribution in [0, 0.1) is 6.92 Å². The number of fused-ring (bicyclic) bond motifs is 1. The minimum Gasteiger partial charge on any atom is -0.369 e. The van der Waals surface area contributed by atoms with Crippen molar-refractivity contribution in [3.63, 3.8) is 0 Å². The molecule has 1 unspecified atom stereocenters. The summed E-state index contributed by atoms with van der Waals surface area (Å²) in [6.07, 6.45) is 5.75. The monoisotopic (exact) mass is 479 g/mol. The van der Waals surface area contributed by atoms with E-state index < -0.39 is 10.0 Å². The van der Waals surface area contributed by atoms with Gasteiger partial charge in [-0.15, -0.1) is 0 Å². The summed E-state index contributed by atoms with van der Waals surface area (Å²) < 4.78 is 25.3. The Morgan fingerprint density at radius 2 is 1.79 bits per heavy atom. The van der Waals surface area contributed by atoms with Gasteiger partial charge in [-0.05, 0) is 32.0 Å². The fraction of sp³-hybridized carbons (Fsp3) is 0.417. The Bertz CT molecular complexity index is 1290. The zero-order valence-corrected chi connectivity index (χ0v) is 20.5. The highest BCUT2D eigenvalue weighted by Gasteiger charge is 2.29. The predicted molar refractivity (Wildman–Crippen MR) is 132 cm³/mol. The normalized spacial score (nSPS) is 19.2. The van der Waals surface area contributed by atoms with Gasteiger partial charge in [0.1, 0.15) is 11.5 Å². The molecule has 0 aromatic carbocycles. The van der Waals surface area contributed by atoms with Gasteiger partial charge in [0.2, 0.25) is 10.0 Å². The molecule has 1 saturated heterocycles. The van der Waals surface area contributed by atoms with Crippen molar-refractivity contribution in [2.75, 3.05) is 48.8 Å². The first-order chi connectivity index (χ1) is 16.3. The van der Waals surface area contributed by atoms with E-state index in [2.05, 4.69) is 38.8 Å². The molecule has 2 aliphatic heterocycles. The Labute approximate surface area is 200 Å². The molecule has 0 radical (unpaired) electrons. The summed E-state index contributed by atoms with van der Waals surface area (Å²) in [5, 5.41) is 0. The first-order valence-corrected chi connectivity index (χ1v) is 13.4. The minimum absolute atomic E-state index is 0.0887. The van der Waals surface area contributed by atoms with Crippen LogP contribution in [0.5, 0.6) is 0 Å². The molecule has 0 aliphatic carbocycles. The van der Waals surface area contributed by atoms with Crippen LogP contribution in [0.2, 0.25) is 0 Å². The lowest BCUT2D eigenvalue weighted by Gasteiger charge is -2.37. The minimum atomic E-state index is -3.15. The zero-order chi connectivity index (χ0) is 23.9. The van der Waals surface area contributed by atoms with Gasteiger partial charge in [-0.25, -0.2) is 23.4 Å². The molecule has 10 heteroatoms. The van der Waals surface area contributed by atoms with Gasteiger partial charge < -0.3 is 9.80 Å². The van der Waals surface area contributed by atoms with Crippen LogP contribution in [-0.2, 0) is 16.4 Å². The summed E-state index contributed by atoms with van der Waals surface area (Å²) in [5.41, 5.74) is 4.97. The first-order valence-electron chi connectivity index (χ1n) is 11.5. The quantitative estimate of drug-likeness (QED) is 0.563. The van der Waals surface area contributed by atoms with Crippen LogP contribution >= 0.6 is 0 Å². The molecule has 1 atom stereocenters. The lowest BCUT2D eigenvalue weighted by Crippen LogP contribution is -2.48. The average Bonchev–Trinajstić information content (AvgIpc) is 2.84. The lowest BCUT2D eigenvalue weighted by atomic mass is 9.99. The molecular weight excluding hydrogens is 450 g/mol. The van der Waals surface area contributed by atoms with Crippen LogP contribution in [0.1, 0.15) is 29.9 Å². The Hall–Kier alpha value is -3.11. The molecule has 3 aromatic heterocycles. The fourth-order valence-corrected chi connectivity index (χ4v) is 5.56. The van der Waals surface area contributed by atoms with E-state index >= 15 is 0 Å². The number of hydrogen-bond donors (Lipinski definition) is 0. The van der Waals surface area contributed by atoms with Crippen molar-refractivity contribution in [2.45, 2.75) is 26.3 Å². The van der Waals surface area contributed by atoms with Gasteiger partial charge in [0.15, 0.2) is 5.82 Å². The first kappa shape index (κ1) is 22.7. The summed E-state index contributed by atoms with van der Waals surface area (Å²) in [6.45, 7) is 7.31. The summed E-state index contributed by atoms with van der Waals surface area (Å²) in [7, 11) is -3.15. The smallest absolute Gasteiger partial charge is 0.211 e. The molecule has 1 fully saturated rings. The SMILES string of the molecule is Cc1cc(N2CCN(S(C)(=O)=O)CC2)cc(N2CCc3nc(-c4ccccn4)ncc3C2C)n1. The van der Waals surface area contributed by atoms with Crippen molar-refractivity contribution in [3.05, 3.63) is 59.7 Å². The van der Waals surface area contributed by atoms with E-state index in [0.29, 0.717) is 32.0 Å². The third-order valence-corrected chi connectivity index (χ3v) is 7.90. The second-order valence-electron chi connectivity index (χ2n) is 8.90. The van der Waals surface area contributed by atoms with Gasteiger partial charge in [-0.1, -0.05) is 6.07 Å². The van der Waals surface area contributed by atoms with Gasteiger partial charge in [-0.3, -0.25) is 4.98 Å². The largest absolute Gasteiger partial charge is 0.369 e. The summed E-state index contributed by atoms with van der Waals surface area (Å²) in [4.78, 5) is 23.2. The number of nitrogens with zero attached hydrogens (tertiary/aromatic N) is 7. The molecular formula is C24H29N7O2S. The number of aryl methyl sites for hydroxylation is 1. The topological polar surface area (TPSA) is 95.4 Å². The van der Waals surface area contributed by atoms with E-state index in [4.69, 9.17) is 9.97 Å². The van der Waals surface area contributed by atoms with E-state index in [-0.39, 0.29) is 6.04 Å². The van der Waals surface area contributed by atoms with Crippen LogP contribution in [0.25, 0.3) is 11.5 Å². The maximum Gasteiger partial charge on any atom is 0.211 e. The maximum atomic E-state index is 11.9. The van der Waals surface area contributed by atoms with E-state index in [0.717, 1.165) is 47.1 Å². The lowest BCUT2D eigenvalue weighted by molar-refractivity contribution is 0.388. The van der Waals surface area contributed by atoms with Crippen LogP contribution in [-0.4, -0.2) is 71.6 Å². The molecule has 2 aliphatic rings. The van der Waals surface area contributed by atoms with Crippen LogP contribution in [0.15, 0.2) is 42.7 Å². The van der Waals surface area contributed by atoms with E-state index in [9.17, 15) is 8.42 Å². The zero-order valence-electron chi connectivity index (χ0n) is 19.7. The van der Waals surface area contributed by atoms with Crippen molar-refractivity contribution in [2.24, 2.45) is 0 Å². The molecule has 0 amide bonds. The van der Waals surface area contributed by atoms with Crippen molar-refractivity contribution < 1.29 is 8.42 Å². The summed E-state index contributed by atoms with van der Waals surface area (Å²) >= 11 is 0. The average molecular weight is 480 g/mol. The molecule has 5 rings (SSSR count). The molecule has 0 bridgehead atoms. The van der Waals surface area contributed by atoms with Gasteiger partial charge in [0.25, 0.3) is 0 Å². The van der Waals surface area contributed by atoms with Crippen molar-refractivity contribution in [1.82, 2.24) is 24.2 Å². The molecule has 178 valence electrons. The van der Waals surface area contributed by atoms with Crippen LogP contribution in [0.3, 0.4) is 0 Å². The van der Waals surface area contributed by atoms with Crippen molar-refractivity contribution in [3.8, 4) is 11.5 Å². The summed E-state index contributed by atoms with van der Waals surface area (Å²) in [5.74, 6) is 1.58. The predicted octanol–water partition coefficient (Wildman–Crippen LogP) is 2.45. The number of pyridine rings is 2. The van der Waals surface area contributed by atoms with Crippen molar-refractivity contribution in [1.29, 1.82) is 0 Å². The number of piperazine rings is 1. The Morgan fingerprint density at radius 3 is 2.50 bits per heavy atom. The van der Waals surface area contributed by atoms with Gasteiger partial charge in [0, 0.05) is 74.5 Å². The third kappa shape index (κ3) is 4.47. The molecule has 0 N–H and O–H groups in total. The van der Waals surface area contributed by atoms with Gasteiger partial charge >= 0.3 is 0 Å². The number of anilines is 2. The number of rotatable bonds is 4. The Kier molecular flexibility index (Phi) is 5.95. The highest BCUT2D eigenvalue weighted by Crippen LogP contribution is 2.34. The third-order valence-electron chi connectivity index (χ3n) is 6.59. The van der Waals surface area contributed by atoms with Crippen LogP contribution < -0.4 is 9.80 Å². The molecule has 0 spiro atoms. The van der Waals surface area contributed by atoms with E-state index in [1.165, 1.54) is 6.26 Å². The van der Waals surface area contributed by atoms with Gasteiger partial charge in [-0.2, -0.15) is 4.31 Å². The highest BCUT2D eigenvalue weighted by atomic mass is 32.2. The number of sulfonamides is 1. The fourth-order valence-electron chi connectivity index (χ4n) is 4.74. The molecule has 3 aromatic rings. The number of hydrogen-bond acceptors (Lipinski definition) is 8. The standard InChI is InChI=1S/C24H29N7O2S/c1-17-14-19(29-10-12-30(13-11-29)34(3,32)33)15-23(27-17)31-9-7-21-20(18(31)2)16-26-24(28-21)22-6-4-5-8-25-22/h4-6,8,14-16,18H,7,9-13H2,1-3H3. The second kappa shape index (κ2) is 8.92. The molecule has 9 nitrogen and oxygen atoms in total. The maximum absolute atomic E-state index is 11.9. The van der Waals surface area contributed by atoms with E-state index in [1.807, 2.05) is 31.3 Å². The Morgan fingerprint density at radius 1 is 1.00 bits per heavy atom. The molecule has 0 saturated carbocycles. The van der Waals surface area contributed by atoms with Crippen molar-refractivity contribution >= 4 is 21.5 Å². The Balaban J connectivity index is 1.38. The second-order valence-corrected chi connectivity index (χ2v) is 10.9. The number of aromatic nitrogens is 4. The summed E-state index contributed by atoms with van der Waals surface area (Å²) in [6, 6.07) is 10.0.